The van der Waals surface area contributed by atoms with Gasteiger partial charge >= 0.3 is 0 Å². The van der Waals surface area contributed by atoms with E-state index in [0.717, 1.165) is 25.1 Å². The summed E-state index contributed by atoms with van der Waals surface area (Å²) in [6.07, 6.45) is 3.78. The van der Waals surface area contributed by atoms with Crippen LogP contribution in [-0.2, 0) is 4.74 Å². The first-order valence-electron chi connectivity index (χ1n) is 6.62. The molecule has 2 aliphatic heterocycles. The SMILES string of the molecule is CCNc1nc(C2CC3CCC2O3)nc(C)c1F. The molecule has 1 aromatic rings. The maximum Gasteiger partial charge on any atom is 0.186 e. The van der Waals surface area contributed by atoms with Crippen LogP contribution in [0.4, 0.5) is 10.2 Å². The molecule has 2 fully saturated rings. The molecule has 4 nitrogen and oxygen atoms in total. The zero-order valence-corrected chi connectivity index (χ0v) is 10.7. The molecule has 2 bridgehead atoms. The molecule has 5 heteroatoms. The number of hydrogen-bond acceptors (Lipinski definition) is 4. The molecule has 98 valence electrons. The molecule has 18 heavy (non-hydrogen) atoms. The summed E-state index contributed by atoms with van der Waals surface area (Å²) in [6, 6.07) is 0. The van der Waals surface area contributed by atoms with Gasteiger partial charge in [0.25, 0.3) is 0 Å². The maximum absolute atomic E-state index is 13.8. The molecule has 0 saturated carbocycles. The van der Waals surface area contributed by atoms with Crippen LogP contribution in [0.5, 0.6) is 0 Å². The van der Waals surface area contributed by atoms with E-state index in [9.17, 15) is 4.39 Å². The van der Waals surface area contributed by atoms with E-state index in [1.54, 1.807) is 6.92 Å². The Hall–Kier alpha value is -1.23. The van der Waals surface area contributed by atoms with Gasteiger partial charge in [0, 0.05) is 12.5 Å². The van der Waals surface area contributed by atoms with Gasteiger partial charge in [0.2, 0.25) is 0 Å². The first kappa shape index (κ1) is 11.8. The van der Waals surface area contributed by atoms with Crippen LogP contribution in [0.3, 0.4) is 0 Å². The molecule has 1 aromatic heterocycles. The summed E-state index contributed by atoms with van der Waals surface area (Å²) in [6.45, 7) is 4.27. The Morgan fingerprint density at radius 2 is 2.22 bits per heavy atom. The Morgan fingerprint density at radius 3 is 2.83 bits per heavy atom. The van der Waals surface area contributed by atoms with E-state index in [2.05, 4.69) is 15.3 Å². The lowest BCUT2D eigenvalue weighted by Crippen LogP contribution is -2.19. The van der Waals surface area contributed by atoms with Gasteiger partial charge in [0.15, 0.2) is 11.6 Å². The predicted octanol–water partition coefficient (Wildman–Crippen LogP) is 2.39. The normalized spacial score (nSPS) is 29.8. The third kappa shape index (κ3) is 1.86. The molecule has 3 atom stereocenters. The van der Waals surface area contributed by atoms with Crippen LogP contribution in [0.15, 0.2) is 0 Å². The highest BCUT2D eigenvalue weighted by Gasteiger charge is 2.43. The molecule has 3 unspecified atom stereocenters. The number of fused-ring (bicyclic) bond motifs is 2. The van der Waals surface area contributed by atoms with Gasteiger partial charge in [-0.3, -0.25) is 0 Å². The van der Waals surface area contributed by atoms with E-state index in [1.165, 1.54) is 0 Å². The fraction of sp³-hybridized carbons (Fsp3) is 0.692. The van der Waals surface area contributed by atoms with Gasteiger partial charge in [0.1, 0.15) is 5.82 Å². The number of nitrogens with one attached hydrogen (secondary N) is 1. The van der Waals surface area contributed by atoms with Crippen molar-refractivity contribution < 1.29 is 9.13 Å². The van der Waals surface area contributed by atoms with Gasteiger partial charge in [-0.25, -0.2) is 14.4 Å². The van der Waals surface area contributed by atoms with Crippen LogP contribution in [-0.4, -0.2) is 28.7 Å². The standard InChI is InChI=1S/C13H18FN3O/c1-3-15-13-11(14)7(2)16-12(17-13)9-6-8-4-5-10(9)18-8/h8-10H,3-6H2,1-2H3,(H,15,16,17). The minimum Gasteiger partial charge on any atom is -0.374 e. The summed E-state index contributed by atoms with van der Waals surface area (Å²) in [7, 11) is 0. The summed E-state index contributed by atoms with van der Waals surface area (Å²) < 4.78 is 19.6. The zero-order chi connectivity index (χ0) is 12.7. The van der Waals surface area contributed by atoms with Crippen molar-refractivity contribution in [1.82, 2.24) is 9.97 Å². The fourth-order valence-electron chi connectivity index (χ4n) is 2.94. The highest BCUT2D eigenvalue weighted by molar-refractivity contribution is 5.38. The number of halogens is 1. The van der Waals surface area contributed by atoms with Crippen LogP contribution in [0.2, 0.25) is 0 Å². The van der Waals surface area contributed by atoms with Crippen LogP contribution in [0, 0.1) is 12.7 Å². The van der Waals surface area contributed by atoms with Crippen molar-refractivity contribution >= 4 is 5.82 Å². The number of hydrogen-bond donors (Lipinski definition) is 1. The Balaban J connectivity index is 1.92. The molecule has 2 aliphatic rings. The minimum absolute atomic E-state index is 0.231. The van der Waals surface area contributed by atoms with E-state index in [4.69, 9.17) is 4.74 Å². The van der Waals surface area contributed by atoms with Crippen LogP contribution in [0.1, 0.15) is 43.6 Å². The molecule has 1 N–H and O–H groups in total. The average molecular weight is 251 g/mol. The number of rotatable bonds is 3. The van der Waals surface area contributed by atoms with Crippen molar-refractivity contribution in [2.45, 2.75) is 51.2 Å². The topological polar surface area (TPSA) is 47.0 Å². The molecule has 0 aliphatic carbocycles. The lowest BCUT2D eigenvalue weighted by Gasteiger charge is -2.18. The fourth-order valence-corrected chi connectivity index (χ4v) is 2.94. The molecule has 0 radical (unpaired) electrons. The number of aromatic nitrogens is 2. The molecular weight excluding hydrogens is 233 g/mol. The van der Waals surface area contributed by atoms with Crippen molar-refractivity contribution in [1.29, 1.82) is 0 Å². The third-order valence-corrected chi connectivity index (χ3v) is 3.82. The smallest absolute Gasteiger partial charge is 0.186 e. The second-order valence-electron chi connectivity index (χ2n) is 5.08. The van der Waals surface area contributed by atoms with Gasteiger partial charge in [-0.1, -0.05) is 0 Å². The lowest BCUT2D eigenvalue weighted by atomic mass is 9.88. The van der Waals surface area contributed by atoms with Gasteiger partial charge in [0.05, 0.1) is 17.9 Å². The van der Waals surface area contributed by atoms with E-state index in [-0.39, 0.29) is 17.8 Å². The Morgan fingerprint density at radius 1 is 1.39 bits per heavy atom. The van der Waals surface area contributed by atoms with E-state index < -0.39 is 0 Å². The second-order valence-corrected chi connectivity index (χ2v) is 5.08. The molecule has 2 saturated heterocycles. The number of ether oxygens (including phenoxy) is 1. The molecular formula is C13H18FN3O. The zero-order valence-electron chi connectivity index (χ0n) is 10.7. The molecule has 3 rings (SSSR count). The quantitative estimate of drug-likeness (QED) is 0.896. The lowest BCUT2D eigenvalue weighted by molar-refractivity contribution is 0.0998. The van der Waals surface area contributed by atoms with Crippen LogP contribution < -0.4 is 5.32 Å². The molecule has 0 amide bonds. The summed E-state index contributed by atoms with van der Waals surface area (Å²) in [5, 5.41) is 2.96. The molecule has 0 aromatic carbocycles. The highest BCUT2D eigenvalue weighted by atomic mass is 19.1. The van der Waals surface area contributed by atoms with Crippen molar-refractivity contribution in [3.8, 4) is 0 Å². The van der Waals surface area contributed by atoms with Crippen molar-refractivity contribution in [2.75, 3.05) is 11.9 Å². The monoisotopic (exact) mass is 251 g/mol. The van der Waals surface area contributed by atoms with E-state index in [0.29, 0.717) is 24.2 Å². The molecule has 3 heterocycles. The Labute approximate surface area is 106 Å². The van der Waals surface area contributed by atoms with Crippen molar-refractivity contribution in [2.24, 2.45) is 0 Å². The van der Waals surface area contributed by atoms with Gasteiger partial charge in [-0.05, 0) is 33.1 Å². The van der Waals surface area contributed by atoms with E-state index in [1.807, 2.05) is 6.92 Å². The van der Waals surface area contributed by atoms with Gasteiger partial charge in [-0.2, -0.15) is 0 Å². The predicted molar refractivity (Wildman–Crippen MR) is 66.1 cm³/mol. The Bertz CT molecular complexity index is 466. The van der Waals surface area contributed by atoms with Gasteiger partial charge < -0.3 is 10.1 Å². The Kier molecular flexibility index (Phi) is 2.93. The van der Waals surface area contributed by atoms with Crippen LogP contribution >= 0.6 is 0 Å². The number of aryl methyl sites for hydroxylation is 1. The van der Waals surface area contributed by atoms with Crippen LogP contribution in [0.25, 0.3) is 0 Å². The summed E-state index contributed by atoms with van der Waals surface area (Å²) in [4.78, 5) is 8.66. The largest absolute Gasteiger partial charge is 0.374 e. The number of anilines is 1. The summed E-state index contributed by atoms with van der Waals surface area (Å²) in [5.74, 6) is 0.949. The average Bonchev–Trinajstić information content (AvgIpc) is 2.97. The maximum atomic E-state index is 13.8. The van der Waals surface area contributed by atoms with E-state index >= 15 is 0 Å². The number of nitrogens with zero attached hydrogens (tertiary/aromatic N) is 2. The van der Waals surface area contributed by atoms with Gasteiger partial charge in [-0.15, -0.1) is 0 Å². The first-order valence-corrected chi connectivity index (χ1v) is 6.62. The highest BCUT2D eigenvalue weighted by Crippen LogP contribution is 2.43. The second kappa shape index (κ2) is 4.46. The summed E-state index contributed by atoms with van der Waals surface area (Å²) >= 11 is 0. The molecule has 0 spiro atoms. The van der Waals surface area contributed by atoms with Crippen molar-refractivity contribution in [3.63, 3.8) is 0 Å². The summed E-state index contributed by atoms with van der Waals surface area (Å²) in [5.41, 5.74) is 0.415. The third-order valence-electron chi connectivity index (χ3n) is 3.82. The van der Waals surface area contributed by atoms with Crippen molar-refractivity contribution in [3.05, 3.63) is 17.3 Å². The minimum atomic E-state index is -0.343. The first-order chi connectivity index (χ1) is 8.69.